The number of amides is 1. The van der Waals surface area contributed by atoms with E-state index < -0.39 is 0 Å². The topological polar surface area (TPSA) is 73.1 Å². The van der Waals surface area contributed by atoms with Gasteiger partial charge in [0.15, 0.2) is 0 Å². The van der Waals surface area contributed by atoms with Crippen LogP contribution in [0.4, 0.5) is 4.39 Å². The first-order valence-electron chi connectivity index (χ1n) is 10.5. The minimum atomic E-state index is -0.305. The van der Waals surface area contributed by atoms with E-state index in [-0.39, 0.29) is 17.8 Å². The van der Waals surface area contributed by atoms with Gasteiger partial charge in [-0.05, 0) is 36.4 Å². The van der Waals surface area contributed by atoms with Crippen molar-refractivity contribution in [1.29, 1.82) is 0 Å². The van der Waals surface area contributed by atoms with Crippen LogP contribution < -0.4 is 4.74 Å². The summed E-state index contributed by atoms with van der Waals surface area (Å²) in [5.41, 5.74) is 1.91. The molecule has 162 valence electrons. The van der Waals surface area contributed by atoms with E-state index in [4.69, 9.17) is 4.74 Å². The quantitative estimate of drug-likeness (QED) is 0.491. The molecule has 0 saturated carbocycles. The zero-order valence-electron chi connectivity index (χ0n) is 17.6. The van der Waals surface area contributed by atoms with Gasteiger partial charge in [-0.2, -0.15) is 10.2 Å². The van der Waals surface area contributed by atoms with Gasteiger partial charge in [0.05, 0.1) is 11.9 Å². The van der Waals surface area contributed by atoms with E-state index in [1.807, 2.05) is 29.2 Å². The number of benzene rings is 2. The summed E-state index contributed by atoms with van der Waals surface area (Å²) in [6.07, 6.45) is 3.11. The van der Waals surface area contributed by atoms with Crippen molar-refractivity contribution < 1.29 is 13.9 Å². The molecular weight excluding hydrogens is 409 g/mol. The van der Waals surface area contributed by atoms with Crippen LogP contribution in [0.1, 0.15) is 23.3 Å². The lowest BCUT2D eigenvalue weighted by atomic mass is 10.1. The van der Waals surface area contributed by atoms with E-state index in [1.165, 1.54) is 12.1 Å². The Morgan fingerprint density at radius 1 is 1.09 bits per heavy atom. The summed E-state index contributed by atoms with van der Waals surface area (Å²) < 4.78 is 20.9. The number of carbonyl (C=O) groups is 1. The van der Waals surface area contributed by atoms with Crippen LogP contribution in [-0.4, -0.2) is 50.0 Å². The lowest BCUT2D eigenvalue weighted by molar-refractivity contribution is 0.0579. The highest BCUT2D eigenvalue weighted by molar-refractivity contribution is 5.93. The Morgan fingerprint density at radius 3 is 2.62 bits per heavy atom. The van der Waals surface area contributed by atoms with Gasteiger partial charge in [-0.1, -0.05) is 18.2 Å². The van der Waals surface area contributed by atoms with Crippen LogP contribution in [0.2, 0.25) is 0 Å². The van der Waals surface area contributed by atoms with Gasteiger partial charge in [0.2, 0.25) is 5.88 Å². The van der Waals surface area contributed by atoms with E-state index in [9.17, 15) is 9.18 Å². The van der Waals surface area contributed by atoms with Crippen molar-refractivity contribution >= 4 is 16.7 Å². The van der Waals surface area contributed by atoms with Gasteiger partial charge in [-0.25, -0.2) is 4.39 Å². The number of hydrogen-bond donors (Lipinski definition) is 0. The van der Waals surface area contributed by atoms with Crippen LogP contribution in [0.5, 0.6) is 5.88 Å². The number of aryl methyl sites for hydroxylation is 1. The number of piperidine rings is 1. The molecule has 2 aromatic heterocycles. The van der Waals surface area contributed by atoms with Gasteiger partial charge in [0.25, 0.3) is 5.91 Å². The number of rotatable bonds is 4. The fourth-order valence-electron chi connectivity index (χ4n) is 4.01. The molecule has 1 fully saturated rings. The summed E-state index contributed by atoms with van der Waals surface area (Å²) in [7, 11) is 1.75. The predicted molar refractivity (Wildman–Crippen MR) is 118 cm³/mol. The normalized spacial score (nSPS) is 14.6. The Hall–Kier alpha value is -3.81. The number of aromatic nitrogens is 4. The summed E-state index contributed by atoms with van der Waals surface area (Å²) in [5.74, 6) is 0.153. The molecule has 0 aliphatic carbocycles. The maximum Gasteiger partial charge on any atom is 0.272 e. The van der Waals surface area contributed by atoms with Crippen molar-refractivity contribution in [2.75, 3.05) is 13.1 Å². The number of nitrogens with zero attached hydrogens (tertiary/aromatic N) is 5. The SMILES string of the molecule is Cn1nc(-c2ccc(F)cc2)cc1C(=O)N1CCC(Oc2nncc3ccccc23)CC1. The summed E-state index contributed by atoms with van der Waals surface area (Å²) in [6, 6.07) is 15.7. The number of carbonyl (C=O) groups excluding carboxylic acids is 1. The molecular formula is C24H22FN5O2. The molecule has 2 aromatic carbocycles. The number of halogens is 1. The molecule has 1 saturated heterocycles. The smallest absolute Gasteiger partial charge is 0.272 e. The standard InChI is InChI=1S/C24H22FN5O2/c1-29-22(14-21(28-29)16-6-8-18(25)9-7-16)24(31)30-12-10-19(11-13-30)32-23-20-5-3-2-4-17(20)15-26-27-23/h2-9,14-15,19H,10-13H2,1H3. The van der Waals surface area contributed by atoms with Crippen molar-refractivity contribution in [1.82, 2.24) is 24.9 Å². The summed E-state index contributed by atoms with van der Waals surface area (Å²) in [5, 5.41) is 14.5. The number of hydrogen-bond acceptors (Lipinski definition) is 5. The number of fused-ring (bicyclic) bond motifs is 1. The third kappa shape index (κ3) is 3.91. The molecule has 7 nitrogen and oxygen atoms in total. The zero-order chi connectivity index (χ0) is 22.1. The third-order valence-corrected chi connectivity index (χ3v) is 5.78. The monoisotopic (exact) mass is 431 g/mol. The number of likely N-dealkylation sites (tertiary alicyclic amines) is 1. The average molecular weight is 431 g/mol. The van der Waals surface area contributed by atoms with Crippen molar-refractivity contribution in [3.63, 3.8) is 0 Å². The Labute approximate surface area is 184 Å². The minimum absolute atomic E-state index is 0.0273. The molecule has 3 heterocycles. The van der Waals surface area contributed by atoms with Crippen LogP contribution in [0.25, 0.3) is 22.0 Å². The second-order valence-electron chi connectivity index (χ2n) is 7.89. The number of ether oxygens (including phenoxy) is 1. The summed E-state index contributed by atoms with van der Waals surface area (Å²) in [6.45, 7) is 1.16. The second kappa shape index (κ2) is 8.37. The average Bonchev–Trinajstić information content (AvgIpc) is 3.21. The highest BCUT2D eigenvalue weighted by Gasteiger charge is 2.27. The molecule has 32 heavy (non-hydrogen) atoms. The van der Waals surface area contributed by atoms with Crippen LogP contribution >= 0.6 is 0 Å². The molecule has 0 atom stereocenters. The first kappa shape index (κ1) is 20.1. The molecule has 1 amide bonds. The minimum Gasteiger partial charge on any atom is -0.473 e. The molecule has 0 N–H and O–H groups in total. The van der Waals surface area contributed by atoms with E-state index in [1.54, 1.807) is 36.1 Å². The molecule has 8 heteroatoms. The fraction of sp³-hybridized carbons (Fsp3) is 0.250. The van der Waals surface area contributed by atoms with Crippen molar-refractivity contribution in [2.45, 2.75) is 18.9 Å². The van der Waals surface area contributed by atoms with Crippen LogP contribution in [0, 0.1) is 5.82 Å². The van der Waals surface area contributed by atoms with Crippen molar-refractivity contribution in [3.05, 3.63) is 72.3 Å². The van der Waals surface area contributed by atoms with Crippen LogP contribution in [0.3, 0.4) is 0 Å². The lowest BCUT2D eigenvalue weighted by Gasteiger charge is -2.31. The molecule has 0 bridgehead atoms. The van der Waals surface area contributed by atoms with E-state index in [0.29, 0.717) is 43.2 Å². The Bertz CT molecular complexity index is 1260. The predicted octanol–water partition coefficient (Wildman–Crippen LogP) is 3.85. The molecule has 1 aliphatic rings. The largest absolute Gasteiger partial charge is 0.473 e. The summed E-state index contributed by atoms with van der Waals surface area (Å²) >= 11 is 0. The first-order valence-corrected chi connectivity index (χ1v) is 10.5. The van der Waals surface area contributed by atoms with Crippen molar-refractivity contribution in [3.8, 4) is 17.1 Å². The molecule has 5 rings (SSSR count). The van der Waals surface area contributed by atoms with Gasteiger partial charge in [-0.3, -0.25) is 9.48 Å². The first-order chi connectivity index (χ1) is 15.6. The van der Waals surface area contributed by atoms with Gasteiger partial charge in [0, 0.05) is 49.3 Å². The van der Waals surface area contributed by atoms with E-state index in [0.717, 1.165) is 16.3 Å². The third-order valence-electron chi connectivity index (χ3n) is 5.78. The second-order valence-corrected chi connectivity index (χ2v) is 7.89. The maximum atomic E-state index is 13.2. The van der Waals surface area contributed by atoms with Gasteiger partial charge >= 0.3 is 0 Å². The zero-order valence-corrected chi connectivity index (χ0v) is 17.6. The van der Waals surface area contributed by atoms with Crippen molar-refractivity contribution in [2.24, 2.45) is 7.05 Å². The lowest BCUT2D eigenvalue weighted by Crippen LogP contribution is -2.42. The molecule has 1 aliphatic heterocycles. The highest BCUT2D eigenvalue weighted by Crippen LogP contribution is 2.26. The van der Waals surface area contributed by atoms with E-state index >= 15 is 0 Å². The van der Waals surface area contributed by atoms with Gasteiger partial charge in [0.1, 0.15) is 17.6 Å². The molecule has 0 unspecified atom stereocenters. The van der Waals surface area contributed by atoms with Gasteiger partial charge in [-0.15, -0.1) is 5.10 Å². The Morgan fingerprint density at radius 2 is 1.84 bits per heavy atom. The van der Waals surface area contributed by atoms with Crippen LogP contribution in [-0.2, 0) is 7.05 Å². The molecule has 0 spiro atoms. The van der Waals surface area contributed by atoms with Crippen LogP contribution in [0.15, 0.2) is 60.8 Å². The Kier molecular flexibility index (Phi) is 5.26. The van der Waals surface area contributed by atoms with Gasteiger partial charge < -0.3 is 9.64 Å². The summed E-state index contributed by atoms with van der Waals surface area (Å²) in [4.78, 5) is 14.9. The highest BCUT2D eigenvalue weighted by atomic mass is 19.1. The fourth-order valence-corrected chi connectivity index (χ4v) is 4.01. The van der Waals surface area contributed by atoms with E-state index in [2.05, 4.69) is 15.3 Å². The Balaban J connectivity index is 1.25. The molecule has 0 radical (unpaired) electrons. The maximum absolute atomic E-state index is 13.2. The molecule has 4 aromatic rings.